The molecule has 0 spiro atoms. The van der Waals surface area contributed by atoms with Crippen molar-refractivity contribution in [2.24, 2.45) is 0 Å². The van der Waals surface area contributed by atoms with Gasteiger partial charge in [0.2, 0.25) is 12.7 Å². The van der Waals surface area contributed by atoms with Crippen LogP contribution in [0.2, 0.25) is 0 Å². The highest BCUT2D eigenvalue weighted by molar-refractivity contribution is 5.92. The molecule has 0 bridgehead atoms. The van der Waals surface area contributed by atoms with Crippen LogP contribution in [0.3, 0.4) is 0 Å². The van der Waals surface area contributed by atoms with E-state index >= 15 is 0 Å². The number of nitrogens with zero attached hydrogens (tertiary/aromatic N) is 3. The molecule has 7 nitrogen and oxygen atoms in total. The van der Waals surface area contributed by atoms with Crippen LogP contribution in [0.15, 0.2) is 48.5 Å². The van der Waals surface area contributed by atoms with Crippen LogP contribution in [0, 0.1) is 13.8 Å². The van der Waals surface area contributed by atoms with E-state index in [1.54, 1.807) is 0 Å². The van der Waals surface area contributed by atoms with Crippen LogP contribution in [-0.2, 0) is 11.3 Å². The molecule has 1 aliphatic rings. The van der Waals surface area contributed by atoms with E-state index in [9.17, 15) is 4.79 Å². The summed E-state index contributed by atoms with van der Waals surface area (Å²) in [4.78, 5) is 14.7. The van der Waals surface area contributed by atoms with Gasteiger partial charge in [-0.1, -0.05) is 24.3 Å². The molecule has 0 saturated heterocycles. The van der Waals surface area contributed by atoms with Crippen molar-refractivity contribution >= 4 is 11.6 Å². The summed E-state index contributed by atoms with van der Waals surface area (Å²) < 4.78 is 12.6. The molecule has 0 unspecified atom stereocenters. The van der Waals surface area contributed by atoms with E-state index in [0.717, 1.165) is 46.4 Å². The SMILES string of the molecule is Cc1nn(-c2ccccc2)c(C)c1NC(=O)CCN(C)Cc1ccc2c(c1)OCO2. The van der Waals surface area contributed by atoms with Crippen molar-refractivity contribution in [1.82, 2.24) is 14.7 Å². The highest BCUT2D eigenvalue weighted by Crippen LogP contribution is 2.32. The van der Waals surface area contributed by atoms with Gasteiger partial charge in [-0.2, -0.15) is 5.10 Å². The maximum absolute atomic E-state index is 12.6. The van der Waals surface area contributed by atoms with Crippen LogP contribution in [-0.4, -0.2) is 41.0 Å². The number of benzene rings is 2. The smallest absolute Gasteiger partial charge is 0.231 e. The molecule has 30 heavy (non-hydrogen) atoms. The fourth-order valence-corrected chi connectivity index (χ4v) is 3.57. The number of aryl methyl sites for hydroxylation is 1. The molecule has 2 heterocycles. The van der Waals surface area contributed by atoms with Gasteiger partial charge in [0, 0.05) is 19.5 Å². The minimum absolute atomic E-state index is 0.0219. The van der Waals surface area contributed by atoms with Gasteiger partial charge in [0.15, 0.2) is 11.5 Å². The number of carbonyl (C=O) groups excluding carboxylic acids is 1. The van der Waals surface area contributed by atoms with E-state index in [2.05, 4.69) is 15.3 Å². The molecular weight excluding hydrogens is 380 g/mol. The molecule has 0 saturated carbocycles. The second-order valence-electron chi connectivity index (χ2n) is 7.52. The molecule has 1 N–H and O–H groups in total. The molecule has 3 aromatic rings. The molecule has 1 amide bonds. The highest BCUT2D eigenvalue weighted by atomic mass is 16.7. The maximum Gasteiger partial charge on any atom is 0.231 e. The van der Waals surface area contributed by atoms with Crippen molar-refractivity contribution in [3.8, 4) is 17.2 Å². The van der Waals surface area contributed by atoms with Crippen LogP contribution < -0.4 is 14.8 Å². The van der Waals surface area contributed by atoms with Gasteiger partial charge in [-0.3, -0.25) is 4.79 Å². The van der Waals surface area contributed by atoms with Gasteiger partial charge in [-0.05, 0) is 50.7 Å². The molecule has 0 radical (unpaired) electrons. The predicted molar refractivity (Wildman–Crippen MR) is 115 cm³/mol. The number of carbonyl (C=O) groups is 1. The lowest BCUT2D eigenvalue weighted by Gasteiger charge is -2.17. The molecule has 7 heteroatoms. The van der Waals surface area contributed by atoms with Crippen molar-refractivity contribution in [1.29, 1.82) is 0 Å². The number of nitrogens with one attached hydrogen (secondary N) is 1. The molecule has 156 valence electrons. The van der Waals surface area contributed by atoms with E-state index in [1.165, 1.54) is 0 Å². The summed E-state index contributed by atoms with van der Waals surface area (Å²) in [6.07, 6.45) is 0.399. The van der Waals surface area contributed by atoms with E-state index in [4.69, 9.17) is 9.47 Å². The Morgan fingerprint density at radius 3 is 2.70 bits per heavy atom. The van der Waals surface area contributed by atoms with E-state index < -0.39 is 0 Å². The fraction of sp³-hybridized carbons (Fsp3) is 0.304. The standard InChI is InChI=1S/C23H26N4O3/c1-16-23(17(2)27(25-16)19-7-5-4-6-8-19)24-22(28)11-12-26(3)14-18-9-10-20-21(13-18)30-15-29-20/h4-10,13H,11-12,14-15H2,1-3H3,(H,24,28). The van der Waals surface area contributed by atoms with Crippen molar-refractivity contribution in [3.05, 3.63) is 65.5 Å². The number of rotatable bonds is 7. The van der Waals surface area contributed by atoms with Crippen molar-refractivity contribution in [2.75, 3.05) is 25.7 Å². The Bertz CT molecular complexity index is 1050. The first-order valence-electron chi connectivity index (χ1n) is 10.00. The Morgan fingerprint density at radius 2 is 1.90 bits per heavy atom. The maximum atomic E-state index is 12.6. The van der Waals surface area contributed by atoms with Gasteiger partial charge in [0.25, 0.3) is 0 Å². The first-order chi connectivity index (χ1) is 14.5. The monoisotopic (exact) mass is 406 g/mol. The number of aromatic nitrogens is 2. The second kappa shape index (κ2) is 8.59. The second-order valence-corrected chi connectivity index (χ2v) is 7.52. The number of amides is 1. The number of para-hydroxylation sites is 1. The van der Waals surface area contributed by atoms with Crippen LogP contribution >= 0.6 is 0 Å². The summed E-state index contributed by atoms with van der Waals surface area (Å²) >= 11 is 0. The zero-order valence-corrected chi connectivity index (χ0v) is 17.5. The number of hydrogen-bond acceptors (Lipinski definition) is 5. The molecule has 0 fully saturated rings. The molecule has 1 aliphatic heterocycles. The summed E-state index contributed by atoms with van der Waals surface area (Å²) in [6, 6.07) is 15.8. The third-order valence-corrected chi connectivity index (χ3v) is 5.17. The number of ether oxygens (including phenoxy) is 2. The van der Waals surface area contributed by atoms with Crippen LogP contribution in [0.25, 0.3) is 5.69 Å². The minimum atomic E-state index is -0.0219. The van der Waals surface area contributed by atoms with Crippen molar-refractivity contribution in [2.45, 2.75) is 26.8 Å². The molecule has 2 aromatic carbocycles. The third-order valence-electron chi connectivity index (χ3n) is 5.17. The summed E-state index contributed by atoms with van der Waals surface area (Å²) in [6.45, 7) is 5.52. The first kappa shape index (κ1) is 20.0. The fourth-order valence-electron chi connectivity index (χ4n) is 3.57. The van der Waals surface area contributed by atoms with Crippen molar-refractivity contribution in [3.63, 3.8) is 0 Å². The quantitative estimate of drug-likeness (QED) is 0.648. The lowest BCUT2D eigenvalue weighted by Crippen LogP contribution is -2.24. The van der Waals surface area contributed by atoms with Gasteiger partial charge in [-0.15, -0.1) is 0 Å². The predicted octanol–water partition coefficient (Wildman–Crippen LogP) is 3.68. The van der Waals surface area contributed by atoms with Gasteiger partial charge in [-0.25, -0.2) is 4.68 Å². The first-order valence-corrected chi connectivity index (χ1v) is 10.00. The third kappa shape index (κ3) is 4.31. The summed E-state index contributed by atoms with van der Waals surface area (Å²) in [5.74, 6) is 1.54. The summed E-state index contributed by atoms with van der Waals surface area (Å²) in [5, 5.41) is 7.62. The highest BCUT2D eigenvalue weighted by Gasteiger charge is 2.16. The Hall–Kier alpha value is -3.32. The largest absolute Gasteiger partial charge is 0.454 e. The average molecular weight is 406 g/mol. The Kier molecular flexibility index (Phi) is 5.72. The topological polar surface area (TPSA) is 68.6 Å². The van der Waals surface area contributed by atoms with Gasteiger partial charge in [0.1, 0.15) is 0 Å². The number of hydrogen-bond donors (Lipinski definition) is 1. The van der Waals surface area contributed by atoms with Crippen LogP contribution in [0.1, 0.15) is 23.4 Å². The minimum Gasteiger partial charge on any atom is -0.454 e. The van der Waals surface area contributed by atoms with Gasteiger partial charge >= 0.3 is 0 Å². The summed E-state index contributed by atoms with van der Waals surface area (Å²) in [7, 11) is 2.00. The normalized spacial score (nSPS) is 12.4. The Morgan fingerprint density at radius 1 is 1.13 bits per heavy atom. The zero-order chi connectivity index (χ0) is 21.1. The van der Waals surface area contributed by atoms with Crippen molar-refractivity contribution < 1.29 is 14.3 Å². The molecule has 1 aromatic heterocycles. The lowest BCUT2D eigenvalue weighted by atomic mass is 10.2. The number of anilines is 1. The Labute approximate surface area is 176 Å². The van der Waals surface area contributed by atoms with Crippen LogP contribution in [0.5, 0.6) is 11.5 Å². The van der Waals surface area contributed by atoms with E-state index in [1.807, 2.05) is 74.1 Å². The summed E-state index contributed by atoms with van der Waals surface area (Å²) in [5.41, 5.74) is 4.60. The van der Waals surface area contributed by atoms with E-state index in [-0.39, 0.29) is 12.7 Å². The Balaban J connectivity index is 1.33. The van der Waals surface area contributed by atoms with Gasteiger partial charge < -0.3 is 19.7 Å². The molecule has 0 aliphatic carbocycles. The van der Waals surface area contributed by atoms with E-state index in [0.29, 0.717) is 13.0 Å². The molecule has 0 atom stereocenters. The lowest BCUT2D eigenvalue weighted by molar-refractivity contribution is -0.116. The van der Waals surface area contributed by atoms with Gasteiger partial charge in [0.05, 0.1) is 22.8 Å². The number of fused-ring (bicyclic) bond motifs is 1. The average Bonchev–Trinajstić information content (AvgIpc) is 3.32. The zero-order valence-electron chi connectivity index (χ0n) is 17.5. The molecule has 4 rings (SSSR count). The van der Waals surface area contributed by atoms with Crippen LogP contribution in [0.4, 0.5) is 5.69 Å². The molecular formula is C23H26N4O3.